The number of nitrogens with one attached hydrogen (secondary N) is 1. The molecule has 0 spiro atoms. The lowest BCUT2D eigenvalue weighted by atomic mass is 10.2. The van der Waals surface area contributed by atoms with Gasteiger partial charge in [0.1, 0.15) is 12.4 Å². The molecule has 0 radical (unpaired) electrons. The molecule has 0 aliphatic carbocycles. The largest absolute Gasteiger partial charge is 0.484 e. The lowest BCUT2D eigenvalue weighted by Gasteiger charge is -2.07. The number of hydrogen-bond acceptors (Lipinski definition) is 6. The summed E-state index contributed by atoms with van der Waals surface area (Å²) in [6.45, 7) is 1.23. The van der Waals surface area contributed by atoms with Gasteiger partial charge in [-0.2, -0.15) is 5.10 Å². The number of para-hydroxylation sites is 1. The van der Waals surface area contributed by atoms with Crippen molar-refractivity contribution >= 4 is 17.7 Å². The Morgan fingerprint density at radius 1 is 1.13 bits per heavy atom. The molecule has 2 heterocycles. The van der Waals surface area contributed by atoms with E-state index >= 15 is 0 Å². The number of thioether (sulfide) groups is 1. The molecule has 158 valence electrons. The first-order valence-corrected chi connectivity index (χ1v) is 11.0. The highest BCUT2D eigenvalue weighted by atomic mass is 32.2. The summed E-state index contributed by atoms with van der Waals surface area (Å²) in [5.74, 6) is 0.942. The van der Waals surface area contributed by atoms with Gasteiger partial charge in [-0.25, -0.2) is 0 Å². The molecule has 1 N–H and O–H groups in total. The van der Waals surface area contributed by atoms with Crippen molar-refractivity contribution in [2.24, 2.45) is 0 Å². The van der Waals surface area contributed by atoms with Gasteiger partial charge in [0.25, 0.3) is 5.91 Å². The van der Waals surface area contributed by atoms with Crippen molar-refractivity contribution in [1.29, 1.82) is 0 Å². The van der Waals surface area contributed by atoms with Crippen LogP contribution in [0.25, 0.3) is 0 Å². The van der Waals surface area contributed by atoms with Gasteiger partial charge < -0.3 is 14.6 Å². The molecular formula is C23H22N4O3S. The summed E-state index contributed by atoms with van der Waals surface area (Å²) in [5.41, 5.74) is 2.29. The van der Waals surface area contributed by atoms with E-state index in [1.807, 2.05) is 59.6 Å². The van der Waals surface area contributed by atoms with Gasteiger partial charge in [-0.1, -0.05) is 47.6 Å². The number of amides is 1. The van der Waals surface area contributed by atoms with Crippen molar-refractivity contribution in [2.45, 2.75) is 24.6 Å². The Balaban J connectivity index is 1.28. The molecule has 0 saturated carbocycles. The molecule has 0 saturated heterocycles. The molecule has 8 heteroatoms. The van der Waals surface area contributed by atoms with E-state index in [9.17, 15) is 4.79 Å². The zero-order valence-corrected chi connectivity index (χ0v) is 17.8. The third-order valence-corrected chi connectivity index (χ3v) is 5.33. The van der Waals surface area contributed by atoms with Crippen molar-refractivity contribution in [3.05, 3.63) is 95.6 Å². The van der Waals surface area contributed by atoms with E-state index in [2.05, 4.69) is 27.7 Å². The number of carbonyl (C=O) groups is 1. The maximum absolute atomic E-state index is 12.4. The van der Waals surface area contributed by atoms with Crippen LogP contribution in [-0.2, 0) is 19.7 Å². The Kier molecular flexibility index (Phi) is 6.68. The van der Waals surface area contributed by atoms with Gasteiger partial charge in [-0.3, -0.25) is 9.48 Å². The van der Waals surface area contributed by atoms with Crippen molar-refractivity contribution in [3.8, 4) is 5.75 Å². The van der Waals surface area contributed by atoms with Gasteiger partial charge in [0.15, 0.2) is 11.5 Å². The molecular weight excluding hydrogens is 412 g/mol. The number of hydrogen-bond donors (Lipinski definition) is 1. The van der Waals surface area contributed by atoms with Crippen LogP contribution in [0.3, 0.4) is 0 Å². The molecule has 0 atom stereocenters. The van der Waals surface area contributed by atoms with E-state index in [-0.39, 0.29) is 18.2 Å². The smallest absolute Gasteiger partial charge is 0.273 e. The second-order valence-corrected chi connectivity index (χ2v) is 7.68. The first-order chi connectivity index (χ1) is 15.2. The van der Waals surface area contributed by atoms with E-state index in [0.29, 0.717) is 18.8 Å². The predicted molar refractivity (Wildman–Crippen MR) is 118 cm³/mol. The van der Waals surface area contributed by atoms with Crippen LogP contribution in [0.2, 0.25) is 0 Å². The first-order valence-electron chi connectivity index (χ1n) is 9.76. The van der Waals surface area contributed by atoms with Crippen molar-refractivity contribution in [2.75, 3.05) is 6.26 Å². The van der Waals surface area contributed by atoms with E-state index in [4.69, 9.17) is 9.26 Å². The SMILES string of the molecule is CSc1ccccc1OCc1cc(C(=O)NCc2cnn(Cc3ccccc3)c2)no1. The van der Waals surface area contributed by atoms with E-state index < -0.39 is 0 Å². The Hall–Kier alpha value is -3.52. The number of aromatic nitrogens is 3. The summed E-state index contributed by atoms with van der Waals surface area (Å²) >= 11 is 1.60. The minimum atomic E-state index is -0.310. The minimum absolute atomic E-state index is 0.199. The Bertz CT molecular complexity index is 1140. The lowest BCUT2D eigenvalue weighted by molar-refractivity contribution is 0.0941. The maximum atomic E-state index is 12.4. The van der Waals surface area contributed by atoms with Crippen LogP contribution in [0.5, 0.6) is 5.75 Å². The second-order valence-electron chi connectivity index (χ2n) is 6.83. The first kappa shape index (κ1) is 20.7. The molecule has 2 aromatic carbocycles. The third-order valence-electron chi connectivity index (χ3n) is 4.56. The van der Waals surface area contributed by atoms with Crippen molar-refractivity contribution in [1.82, 2.24) is 20.3 Å². The van der Waals surface area contributed by atoms with Crippen LogP contribution < -0.4 is 10.1 Å². The number of nitrogens with zero attached hydrogens (tertiary/aromatic N) is 3. The highest BCUT2D eigenvalue weighted by Crippen LogP contribution is 2.27. The number of rotatable bonds is 9. The van der Waals surface area contributed by atoms with Crippen molar-refractivity contribution < 1.29 is 14.1 Å². The molecule has 0 unspecified atom stereocenters. The van der Waals surface area contributed by atoms with Crippen LogP contribution in [-0.4, -0.2) is 27.1 Å². The van der Waals surface area contributed by atoms with Crippen LogP contribution in [0, 0.1) is 0 Å². The quantitative estimate of drug-likeness (QED) is 0.399. The summed E-state index contributed by atoms with van der Waals surface area (Å²) < 4.78 is 12.9. The summed E-state index contributed by atoms with van der Waals surface area (Å²) in [4.78, 5) is 13.4. The number of carbonyl (C=O) groups excluding carboxylic acids is 1. The minimum Gasteiger partial charge on any atom is -0.484 e. The summed E-state index contributed by atoms with van der Waals surface area (Å²) in [7, 11) is 0. The van der Waals surface area contributed by atoms with Crippen molar-refractivity contribution in [3.63, 3.8) is 0 Å². The van der Waals surface area contributed by atoms with Gasteiger partial charge in [-0.05, 0) is 24.0 Å². The summed E-state index contributed by atoms with van der Waals surface area (Å²) in [6, 6.07) is 19.4. The van der Waals surface area contributed by atoms with Gasteiger partial charge in [0.05, 0.1) is 12.7 Å². The highest BCUT2D eigenvalue weighted by molar-refractivity contribution is 7.98. The molecule has 31 heavy (non-hydrogen) atoms. The normalized spacial score (nSPS) is 10.7. The van der Waals surface area contributed by atoms with E-state index in [1.54, 1.807) is 24.0 Å². The van der Waals surface area contributed by atoms with Gasteiger partial charge >= 0.3 is 0 Å². The Morgan fingerprint density at radius 3 is 2.77 bits per heavy atom. The highest BCUT2D eigenvalue weighted by Gasteiger charge is 2.14. The molecule has 4 rings (SSSR count). The molecule has 7 nitrogen and oxygen atoms in total. The molecule has 0 fully saturated rings. The van der Waals surface area contributed by atoms with Crippen LogP contribution in [0.4, 0.5) is 0 Å². The Labute approximate surface area is 184 Å². The monoisotopic (exact) mass is 434 g/mol. The number of ether oxygens (including phenoxy) is 1. The molecule has 0 aliphatic heterocycles. The topological polar surface area (TPSA) is 82.2 Å². The van der Waals surface area contributed by atoms with Crippen LogP contribution in [0.15, 0.2) is 82.5 Å². The van der Waals surface area contributed by atoms with Crippen LogP contribution in [0.1, 0.15) is 27.4 Å². The fraction of sp³-hybridized carbons (Fsp3) is 0.174. The fourth-order valence-corrected chi connectivity index (χ4v) is 3.55. The average molecular weight is 435 g/mol. The summed E-state index contributed by atoms with van der Waals surface area (Å²) in [5, 5.41) is 11.0. The zero-order chi connectivity index (χ0) is 21.5. The Morgan fingerprint density at radius 2 is 1.94 bits per heavy atom. The van der Waals surface area contributed by atoms with E-state index in [0.717, 1.165) is 16.2 Å². The molecule has 0 aliphatic rings. The second kappa shape index (κ2) is 9.99. The van der Waals surface area contributed by atoms with E-state index in [1.165, 1.54) is 5.56 Å². The molecule has 1 amide bonds. The maximum Gasteiger partial charge on any atom is 0.273 e. The average Bonchev–Trinajstić information content (AvgIpc) is 3.46. The van der Waals surface area contributed by atoms with Gasteiger partial charge in [0.2, 0.25) is 0 Å². The number of benzene rings is 2. The lowest BCUT2D eigenvalue weighted by Crippen LogP contribution is -2.22. The summed E-state index contributed by atoms with van der Waals surface area (Å²) in [6.07, 6.45) is 5.65. The zero-order valence-electron chi connectivity index (χ0n) is 17.0. The van der Waals surface area contributed by atoms with Gasteiger partial charge in [-0.15, -0.1) is 11.8 Å². The molecule has 2 aromatic heterocycles. The van der Waals surface area contributed by atoms with Crippen LogP contribution >= 0.6 is 11.8 Å². The molecule has 0 bridgehead atoms. The standard InChI is InChI=1S/C23H22N4O3S/c1-31-22-10-6-5-9-21(22)29-16-19-11-20(26-30-19)23(28)24-12-18-13-25-27(15-18)14-17-7-3-2-4-8-17/h2-11,13,15H,12,14,16H2,1H3,(H,24,28). The van der Waals surface area contributed by atoms with Gasteiger partial charge in [0, 0.05) is 29.3 Å². The predicted octanol–water partition coefficient (Wildman–Crippen LogP) is 4.15. The third kappa shape index (κ3) is 5.55. The fourth-order valence-electron chi connectivity index (χ4n) is 3.00. The molecule has 4 aromatic rings.